The summed E-state index contributed by atoms with van der Waals surface area (Å²) in [6.07, 6.45) is 6.37. The van der Waals surface area contributed by atoms with Crippen LogP contribution in [0.4, 0.5) is 0 Å². The van der Waals surface area contributed by atoms with Gasteiger partial charge in [-0.3, -0.25) is 19.3 Å². The number of likely N-dealkylation sites (N-methyl/N-ethyl adjacent to an activating group) is 1. The van der Waals surface area contributed by atoms with Crippen LogP contribution in [0.5, 0.6) is 0 Å². The van der Waals surface area contributed by atoms with E-state index in [2.05, 4.69) is 10.1 Å². The first-order valence-corrected chi connectivity index (χ1v) is 9.52. The average Bonchev–Trinajstić information content (AvgIpc) is 3.50. The normalized spacial score (nSPS) is 22.4. The van der Waals surface area contributed by atoms with Crippen LogP contribution < -0.4 is 0 Å². The van der Waals surface area contributed by atoms with Crippen LogP contribution in [-0.2, 0) is 27.9 Å². The van der Waals surface area contributed by atoms with Crippen LogP contribution in [0.1, 0.15) is 35.7 Å². The predicted molar refractivity (Wildman–Crippen MR) is 101 cm³/mol. The topological polar surface area (TPSA) is 80.6 Å². The van der Waals surface area contributed by atoms with Gasteiger partial charge in [0.05, 0.1) is 12.2 Å². The number of morpholine rings is 1. The zero-order valence-electron chi connectivity index (χ0n) is 16.4. The highest BCUT2D eigenvalue weighted by Gasteiger charge is 2.48. The van der Waals surface area contributed by atoms with E-state index in [1.165, 1.54) is 0 Å². The fraction of sp³-hybridized carbons (Fsp3) is 0.500. The van der Waals surface area contributed by atoms with Gasteiger partial charge in [0.2, 0.25) is 5.91 Å². The lowest BCUT2D eigenvalue weighted by molar-refractivity contribution is -0.170. The summed E-state index contributed by atoms with van der Waals surface area (Å²) in [5, 5.41) is 4.24. The number of aromatic nitrogens is 3. The van der Waals surface area contributed by atoms with E-state index in [1.54, 1.807) is 35.2 Å². The lowest BCUT2D eigenvalue weighted by Crippen LogP contribution is -2.55. The van der Waals surface area contributed by atoms with Crippen LogP contribution in [0, 0.1) is 6.92 Å². The number of pyridine rings is 1. The second-order valence-corrected chi connectivity index (χ2v) is 7.57. The second kappa shape index (κ2) is 7.35. The summed E-state index contributed by atoms with van der Waals surface area (Å²) in [4.78, 5) is 33.6. The summed E-state index contributed by atoms with van der Waals surface area (Å²) in [6, 6.07) is 3.46. The number of hydrogen-bond donors (Lipinski definition) is 0. The number of carbonyl (C=O) groups is 2. The molecular formula is C20H25N5O3. The Hall–Kier alpha value is -2.74. The molecule has 2 amide bonds. The van der Waals surface area contributed by atoms with Crippen molar-refractivity contribution in [2.24, 2.45) is 7.05 Å². The molecule has 2 fully saturated rings. The highest BCUT2D eigenvalue weighted by atomic mass is 16.5. The number of hydrogen-bond acceptors (Lipinski definition) is 5. The Bertz CT molecular complexity index is 877. The quantitative estimate of drug-likeness (QED) is 0.775. The molecule has 2 aromatic rings. The van der Waals surface area contributed by atoms with Crippen molar-refractivity contribution in [3.63, 3.8) is 0 Å². The molecule has 0 unspecified atom stereocenters. The number of rotatable bonds is 5. The van der Waals surface area contributed by atoms with Crippen molar-refractivity contribution in [3.05, 3.63) is 47.5 Å². The van der Waals surface area contributed by atoms with Crippen molar-refractivity contribution in [2.45, 2.75) is 44.5 Å². The summed E-state index contributed by atoms with van der Waals surface area (Å²) in [7, 11) is 3.64. The standard InChI is InChI=1S/C20H25N5O3/c1-13-15(10-22-24(13)3)11-23(2)20(27)19-18(14-5-4-8-21-9-14)25(16-6-7-16)17(26)12-28-19/h4-5,8-10,16,18-19H,6-7,11-12H2,1-3H3/t18-,19+/m1/s1. The van der Waals surface area contributed by atoms with Gasteiger partial charge in [-0.2, -0.15) is 5.10 Å². The number of aryl methyl sites for hydroxylation is 1. The smallest absolute Gasteiger partial charge is 0.254 e. The highest BCUT2D eigenvalue weighted by molar-refractivity contribution is 5.86. The minimum absolute atomic E-state index is 0.0637. The summed E-state index contributed by atoms with van der Waals surface area (Å²) >= 11 is 0. The number of nitrogens with zero attached hydrogens (tertiary/aromatic N) is 5. The minimum atomic E-state index is -0.746. The van der Waals surface area contributed by atoms with Crippen LogP contribution >= 0.6 is 0 Å². The van der Waals surface area contributed by atoms with Crippen molar-refractivity contribution >= 4 is 11.8 Å². The zero-order valence-corrected chi connectivity index (χ0v) is 16.4. The monoisotopic (exact) mass is 383 g/mol. The van der Waals surface area contributed by atoms with E-state index in [0.717, 1.165) is 29.7 Å². The molecule has 1 aliphatic carbocycles. The molecule has 8 nitrogen and oxygen atoms in total. The molecular weight excluding hydrogens is 358 g/mol. The Balaban J connectivity index is 1.61. The summed E-state index contributed by atoms with van der Waals surface area (Å²) in [6.45, 7) is 2.35. The number of amides is 2. The van der Waals surface area contributed by atoms with E-state index >= 15 is 0 Å². The Kier molecular flexibility index (Phi) is 4.89. The lowest BCUT2D eigenvalue weighted by Gasteiger charge is -2.41. The van der Waals surface area contributed by atoms with E-state index in [0.29, 0.717) is 6.54 Å². The fourth-order valence-corrected chi connectivity index (χ4v) is 3.75. The van der Waals surface area contributed by atoms with Crippen LogP contribution in [-0.4, -0.2) is 62.2 Å². The molecule has 0 N–H and O–H groups in total. The first kappa shape index (κ1) is 18.6. The van der Waals surface area contributed by atoms with Crippen molar-refractivity contribution in [3.8, 4) is 0 Å². The third kappa shape index (κ3) is 3.40. The summed E-state index contributed by atoms with van der Waals surface area (Å²) in [5.74, 6) is -0.207. The van der Waals surface area contributed by atoms with Crippen molar-refractivity contribution in [2.75, 3.05) is 13.7 Å². The van der Waals surface area contributed by atoms with Gasteiger partial charge < -0.3 is 14.5 Å². The van der Waals surface area contributed by atoms with Gasteiger partial charge in [0.15, 0.2) is 6.10 Å². The Labute approximate surface area is 164 Å². The molecule has 2 aliphatic rings. The van der Waals surface area contributed by atoms with E-state index in [-0.39, 0.29) is 24.5 Å². The van der Waals surface area contributed by atoms with Gasteiger partial charge >= 0.3 is 0 Å². The zero-order chi connectivity index (χ0) is 19.8. The molecule has 3 heterocycles. The molecule has 28 heavy (non-hydrogen) atoms. The van der Waals surface area contributed by atoms with E-state index < -0.39 is 12.1 Å². The molecule has 0 spiro atoms. The first-order valence-electron chi connectivity index (χ1n) is 9.52. The lowest BCUT2D eigenvalue weighted by atomic mass is 9.97. The molecule has 1 saturated carbocycles. The number of carbonyl (C=O) groups excluding carboxylic acids is 2. The number of ether oxygens (including phenoxy) is 1. The Morgan fingerprint density at radius 2 is 2.14 bits per heavy atom. The van der Waals surface area contributed by atoms with Gasteiger partial charge in [0.25, 0.3) is 5.91 Å². The van der Waals surface area contributed by atoms with Gasteiger partial charge in [-0.1, -0.05) is 6.07 Å². The molecule has 2 aromatic heterocycles. The van der Waals surface area contributed by atoms with Gasteiger partial charge in [0, 0.05) is 50.3 Å². The van der Waals surface area contributed by atoms with Gasteiger partial charge in [0.1, 0.15) is 6.61 Å². The van der Waals surface area contributed by atoms with Gasteiger partial charge in [-0.15, -0.1) is 0 Å². The molecule has 0 bridgehead atoms. The Morgan fingerprint density at radius 1 is 1.36 bits per heavy atom. The van der Waals surface area contributed by atoms with Crippen LogP contribution in [0.15, 0.2) is 30.7 Å². The molecule has 2 atom stereocenters. The summed E-state index contributed by atoms with van der Waals surface area (Å²) in [5.41, 5.74) is 2.83. The molecule has 1 aliphatic heterocycles. The SMILES string of the molecule is Cc1c(CN(C)C(=O)[C@H]2OCC(=O)N(C3CC3)[C@@H]2c2cccnc2)cnn1C. The third-order valence-electron chi connectivity index (χ3n) is 5.59. The van der Waals surface area contributed by atoms with Crippen LogP contribution in [0.2, 0.25) is 0 Å². The minimum Gasteiger partial charge on any atom is -0.356 e. The maximum absolute atomic E-state index is 13.3. The van der Waals surface area contributed by atoms with E-state index in [9.17, 15) is 9.59 Å². The molecule has 4 rings (SSSR count). The first-order chi connectivity index (χ1) is 13.5. The summed E-state index contributed by atoms with van der Waals surface area (Å²) < 4.78 is 7.58. The predicted octanol–water partition coefficient (Wildman–Crippen LogP) is 1.21. The fourth-order valence-electron chi connectivity index (χ4n) is 3.75. The largest absolute Gasteiger partial charge is 0.356 e. The molecule has 1 saturated heterocycles. The van der Waals surface area contributed by atoms with Gasteiger partial charge in [-0.05, 0) is 31.4 Å². The van der Waals surface area contributed by atoms with E-state index in [1.807, 2.05) is 31.0 Å². The molecule has 0 radical (unpaired) electrons. The highest BCUT2D eigenvalue weighted by Crippen LogP contribution is 2.39. The van der Waals surface area contributed by atoms with Gasteiger partial charge in [-0.25, -0.2) is 0 Å². The third-order valence-corrected chi connectivity index (χ3v) is 5.59. The van der Waals surface area contributed by atoms with Crippen LogP contribution in [0.3, 0.4) is 0 Å². The second-order valence-electron chi connectivity index (χ2n) is 7.57. The average molecular weight is 383 g/mol. The van der Waals surface area contributed by atoms with E-state index in [4.69, 9.17) is 4.74 Å². The molecule has 0 aromatic carbocycles. The van der Waals surface area contributed by atoms with Crippen LogP contribution in [0.25, 0.3) is 0 Å². The maximum atomic E-state index is 13.3. The molecule has 148 valence electrons. The molecule has 8 heteroatoms. The van der Waals surface area contributed by atoms with Crippen molar-refractivity contribution in [1.82, 2.24) is 24.6 Å². The Morgan fingerprint density at radius 3 is 2.75 bits per heavy atom. The van der Waals surface area contributed by atoms with Crippen molar-refractivity contribution < 1.29 is 14.3 Å². The maximum Gasteiger partial charge on any atom is 0.254 e. The van der Waals surface area contributed by atoms with Crippen molar-refractivity contribution in [1.29, 1.82) is 0 Å².